The summed E-state index contributed by atoms with van der Waals surface area (Å²) in [6.45, 7) is 0.309. The van der Waals surface area contributed by atoms with Gasteiger partial charge in [-0.2, -0.15) is 13.2 Å². The van der Waals surface area contributed by atoms with Crippen LogP contribution in [-0.4, -0.2) is 48.0 Å². The van der Waals surface area contributed by atoms with Gasteiger partial charge in [-0.25, -0.2) is 4.79 Å². The van der Waals surface area contributed by atoms with Gasteiger partial charge in [-0.3, -0.25) is 4.79 Å². The van der Waals surface area contributed by atoms with Gasteiger partial charge in [-0.15, -0.1) is 0 Å². The van der Waals surface area contributed by atoms with Crippen LogP contribution in [0, 0.1) is 5.92 Å². The molecule has 4 N–H and O–H groups in total. The Bertz CT molecular complexity index is 360. The maximum absolute atomic E-state index is 12.6. The van der Waals surface area contributed by atoms with Crippen LogP contribution in [0.1, 0.15) is 6.92 Å². The predicted molar refractivity (Wildman–Crippen MR) is 52.5 cm³/mol. The maximum atomic E-state index is 12.6. The number of rotatable bonds is 3. The Balaban J connectivity index is 2.86. The van der Waals surface area contributed by atoms with Crippen LogP contribution >= 0.6 is 0 Å². The minimum absolute atomic E-state index is 0.0495. The number of nitrogens with two attached hydrogens (primary N) is 1. The lowest BCUT2D eigenvalue weighted by atomic mass is 9.98. The highest BCUT2D eigenvalue weighted by molar-refractivity contribution is 5.89. The number of hydrogen-bond donors (Lipinski definition) is 3. The van der Waals surface area contributed by atoms with E-state index < -0.39 is 35.6 Å². The van der Waals surface area contributed by atoms with Gasteiger partial charge in [0.25, 0.3) is 0 Å². The Morgan fingerprint density at radius 3 is 2.28 bits per heavy atom. The van der Waals surface area contributed by atoms with E-state index in [1.54, 1.807) is 0 Å². The monoisotopic (exact) mass is 270 g/mol. The average molecular weight is 270 g/mol. The molecule has 3 unspecified atom stereocenters. The summed E-state index contributed by atoms with van der Waals surface area (Å²) in [5, 5.41) is 10.1. The zero-order chi connectivity index (χ0) is 14.1. The number of amides is 1. The van der Waals surface area contributed by atoms with Crippen molar-refractivity contribution in [2.24, 2.45) is 11.7 Å². The van der Waals surface area contributed by atoms with Crippen LogP contribution in [0.3, 0.4) is 0 Å². The van der Waals surface area contributed by atoms with E-state index >= 15 is 0 Å². The summed E-state index contributed by atoms with van der Waals surface area (Å²) in [6, 6.07) is -0.740. The van der Waals surface area contributed by atoms with Crippen molar-refractivity contribution in [1.82, 2.24) is 5.32 Å². The number of carbonyl (C=O) groups excluding carboxylic acids is 1. The fraction of sp³-hybridized carbons (Fsp3) is 0.778. The molecule has 1 heterocycles. The molecule has 6 nitrogen and oxygen atoms in total. The Hall–Kier alpha value is -1.35. The molecule has 9 heteroatoms. The van der Waals surface area contributed by atoms with Crippen molar-refractivity contribution in [3.05, 3.63) is 0 Å². The summed E-state index contributed by atoms with van der Waals surface area (Å²) < 4.78 is 42.8. The van der Waals surface area contributed by atoms with E-state index in [2.05, 4.69) is 0 Å². The van der Waals surface area contributed by atoms with Gasteiger partial charge in [0.05, 0.1) is 19.1 Å². The maximum Gasteiger partial charge on any atom is 0.422 e. The molecule has 0 aromatic rings. The first-order valence-corrected chi connectivity index (χ1v) is 5.05. The molecule has 1 aliphatic heterocycles. The average Bonchev–Trinajstić information content (AvgIpc) is 2.62. The normalized spacial score (nSPS) is 27.6. The van der Waals surface area contributed by atoms with E-state index in [1.165, 1.54) is 5.32 Å². The van der Waals surface area contributed by atoms with E-state index in [4.69, 9.17) is 15.6 Å². The fourth-order valence-electron chi connectivity index (χ4n) is 1.43. The number of alkyl halides is 3. The highest BCUT2D eigenvalue weighted by atomic mass is 19.4. The molecule has 0 radical (unpaired) electrons. The lowest BCUT2D eigenvalue weighted by Gasteiger charge is -2.30. The van der Waals surface area contributed by atoms with Gasteiger partial charge in [0.1, 0.15) is 0 Å². The molecule has 0 bridgehead atoms. The van der Waals surface area contributed by atoms with Crippen LogP contribution in [0.5, 0.6) is 0 Å². The molecule has 0 aromatic heterocycles. The molecule has 0 aliphatic carbocycles. The van der Waals surface area contributed by atoms with Crippen molar-refractivity contribution in [1.29, 1.82) is 0 Å². The molecule has 0 spiro atoms. The molecule has 104 valence electrons. The van der Waals surface area contributed by atoms with Gasteiger partial charge in [-0.05, 0) is 6.92 Å². The van der Waals surface area contributed by atoms with Crippen LogP contribution in [0.4, 0.5) is 13.2 Å². The third-order valence-corrected chi connectivity index (χ3v) is 2.83. The molecule has 1 fully saturated rings. The molecule has 0 aromatic carbocycles. The van der Waals surface area contributed by atoms with Gasteiger partial charge in [-0.1, -0.05) is 0 Å². The number of hydrogen-bond acceptors (Lipinski definition) is 4. The molecular weight excluding hydrogens is 257 g/mol. The number of carboxylic acid groups (broad SMARTS) is 1. The second-order valence-corrected chi connectivity index (χ2v) is 4.22. The highest BCUT2D eigenvalue weighted by Gasteiger charge is 2.59. The summed E-state index contributed by atoms with van der Waals surface area (Å²) in [7, 11) is 0. The summed E-state index contributed by atoms with van der Waals surface area (Å²) >= 11 is 0. The number of halogens is 3. The van der Waals surface area contributed by atoms with Gasteiger partial charge < -0.3 is 20.9 Å². The van der Waals surface area contributed by atoms with E-state index in [0.29, 0.717) is 6.92 Å². The van der Waals surface area contributed by atoms with Crippen molar-refractivity contribution >= 4 is 11.9 Å². The molecule has 3 atom stereocenters. The second kappa shape index (κ2) is 4.73. The topological polar surface area (TPSA) is 102 Å². The van der Waals surface area contributed by atoms with Crippen molar-refractivity contribution < 1.29 is 32.6 Å². The highest BCUT2D eigenvalue weighted by Crippen LogP contribution is 2.31. The lowest BCUT2D eigenvalue weighted by molar-refractivity contribution is -0.207. The Labute approximate surface area is 100 Å². The minimum Gasteiger partial charge on any atom is -0.479 e. The van der Waals surface area contributed by atoms with E-state index in [9.17, 15) is 22.8 Å². The molecule has 0 saturated carbocycles. The van der Waals surface area contributed by atoms with Gasteiger partial charge in [0.15, 0.2) is 0 Å². The largest absolute Gasteiger partial charge is 0.479 e. The zero-order valence-electron chi connectivity index (χ0n) is 9.45. The van der Waals surface area contributed by atoms with Crippen LogP contribution < -0.4 is 11.1 Å². The van der Waals surface area contributed by atoms with Crippen molar-refractivity contribution in [3.8, 4) is 0 Å². The third kappa shape index (κ3) is 2.56. The SMILES string of the molecule is CC(NC(=O)C1COCC1N)(C(=O)O)C(F)(F)F. The number of carboxylic acids is 1. The quantitative estimate of drug-likeness (QED) is 0.640. The van der Waals surface area contributed by atoms with Gasteiger partial charge >= 0.3 is 12.1 Å². The van der Waals surface area contributed by atoms with E-state index in [0.717, 1.165) is 0 Å². The molecule has 18 heavy (non-hydrogen) atoms. The zero-order valence-corrected chi connectivity index (χ0v) is 9.45. The molecule has 1 rings (SSSR count). The van der Waals surface area contributed by atoms with Crippen LogP contribution in [0.15, 0.2) is 0 Å². The van der Waals surface area contributed by atoms with Crippen molar-refractivity contribution in [2.75, 3.05) is 13.2 Å². The second-order valence-electron chi connectivity index (χ2n) is 4.22. The molecular formula is C9H13F3N2O4. The number of nitrogens with one attached hydrogen (secondary N) is 1. The summed E-state index contributed by atoms with van der Waals surface area (Å²) in [4.78, 5) is 22.3. The van der Waals surface area contributed by atoms with Crippen molar-refractivity contribution in [3.63, 3.8) is 0 Å². The lowest BCUT2D eigenvalue weighted by Crippen LogP contribution is -2.63. The minimum atomic E-state index is -5.11. The first kappa shape index (κ1) is 14.7. The van der Waals surface area contributed by atoms with Gasteiger partial charge in [0, 0.05) is 6.04 Å². The number of ether oxygens (including phenoxy) is 1. The standard InChI is InChI=1S/C9H13F3N2O4/c1-8(7(16)17,9(10,11)12)14-6(15)4-2-18-3-5(4)13/h4-5H,2-3,13H2,1H3,(H,14,15)(H,16,17). The summed E-state index contributed by atoms with van der Waals surface area (Å²) in [5.41, 5.74) is 2.13. The van der Waals surface area contributed by atoms with E-state index in [-0.39, 0.29) is 13.2 Å². The Morgan fingerprint density at radius 2 is 1.94 bits per heavy atom. The molecule has 1 amide bonds. The fourth-order valence-corrected chi connectivity index (χ4v) is 1.43. The third-order valence-electron chi connectivity index (χ3n) is 2.83. The Kier molecular flexibility index (Phi) is 3.86. The van der Waals surface area contributed by atoms with Crippen LogP contribution in [0.2, 0.25) is 0 Å². The Morgan fingerprint density at radius 1 is 1.39 bits per heavy atom. The van der Waals surface area contributed by atoms with Crippen LogP contribution in [-0.2, 0) is 14.3 Å². The molecule has 1 aliphatic rings. The van der Waals surface area contributed by atoms with E-state index in [1.807, 2.05) is 0 Å². The molecule has 1 saturated heterocycles. The van der Waals surface area contributed by atoms with Crippen molar-refractivity contribution in [2.45, 2.75) is 24.7 Å². The first-order chi connectivity index (χ1) is 8.09. The summed E-state index contributed by atoms with van der Waals surface area (Å²) in [6.07, 6.45) is -5.11. The number of carbonyl (C=O) groups is 2. The summed E-state index contributed by atoms with van der Waals surface area (Å²) in [5.74, 6) is -4.25. The first-order valence-electron chi connectivity index (χ1n) is 5.05. The smallest absolute Gasteiger partial charge is 0.422 e. The van der Waals surface area contributed by atoms with Crippen LogP contribution in [0.25, 0.3) is 0 Å². The number of aliphatic carboxylic acids is 1. The van der Waals surface area contributed by atoms with Gasteiger partial charge in [0.2, 0.25) is 11.4 Å². The predicted octanol–water partition coefficient (Wildman–Crippen LogP) is -0.518.